The zero-order chi connectivity index (χ0) is 13.2. The fraction of sp³-hybridized carbons (Fsp3) is 0.333. The minimum absolute atomic E-state index is 0.0465. The molecule has 0 aliphatic carbocycles. The van der Waals surface area contributed by atoms with Gasteiger partial charge in [-0.2, -0.15) is 0 Å². The third-order valence-corrected chi connectivity index (χ3v) is 2.46. The van der Waals surface area contributed by atoms with Crippen LogP contribution in [0.25, 0.3) is 0 Å². The lowest BCUT2D eigenvalue weighted by molar-refractivity contribution is -0.385. The molecule has 0 aromatic heterocycles. The summed E-state index contributed by atoms with van der Waals surface area (Å²) >= 11 is 0. The molecule has 0 heterocycles. The molecule has 0 aliphatic heterocycles. The first-order chi connectivity index (χ1) is 7.84. The predicted octanol–water partition coefficient (Wildman–Crippen LogP) is 2.37. The molecule has 1 aromatic carbocycles. The van der Waals surface area contributed by atoms with Crippen LogP contribution >= 0.6 is 0 Å². The van der Waals surface area contributed by atoms with Crippen molar-refractivity contribution in [2.75, 3.05) is 0 Å². The van der Waals surface area contributed by atoms with Crippen molar-refractivity contribution >= 4 is 17.3 Å². The molecule has 0 spiro atoms. The summed E-state index contributed by atoms with van der Waals surface area (Å²) in [5, 5.41) is 11.0. The highest BCUT2D eigenvalue weighted by Gasteiger charge is 2.25. The summed E-state index contributed by atoms with van der Waals surface area (Å²) in [6.45, 7) is 4.48. The predicted molar refractivity (Wildman–Crippen MR) is 62.2 cm³/mol. The van der Waals surface area contributed by atoms with Crippen LogP contribution in [0.4, 0.5) is 5.69 Å². The van der Waals surface area contributed by atoms with E-state index >= 15 is 0 Å². The van der Waals surface area contributed by atoms with Gasteiger partial charge in [0.2, 0.25) is 0 Å². The second-order valence-electron chi connectivity index (χ2n) is 3.98. The van der Waals surface area contributed by atoms with Crippen molar-refractivity contribution in [2.45, 2.75) is 27.2 Å². The number of aryl methyl sites for hydroxylation is 2. The Morgan fingerprint density at radius 2 is 1.76 bits per heavy atom. The van der Waals surface area contributed by atoms with Gasteiger partial charge in [-0.05, 0) is 26.3 Å². The van der Waals surface area contributed by atoms with E-state index in [4.69, 9.17) is 0 Å². The van der Waals surface area contributed by atoms with Crippen LogP contribution in [0.2, 0.25) is 0 Å². The van der Waals surface area contributed by atoms with Crippen molar-refractivity contribution in [2.24, 2.45) is 0 Å². The minimum atomic E-state index is -0.574. The highest BCUT2D eigenvalue weighted by molar-refractivity contribution is 6.10. The zero-order valence-corrected chi connectivity index (χ0v) is 9.94. The highest BCUT2D eigenvalue weighted by atomic mass is 16.6. The smallest absolute Gasteiger partial charge is 0.283 e. The van der Waals surface area contributed by atoms with E-state index in [2.05, 4.69) is 0 Å². The molecule has 1 aromatic rings. The van der Waals surface area contributed by atoms with Crippen molar-refractivity contribution < 1.29 is 14.5 Å². The maximum atomic E-state index is 11.8. The molecule has 5 heteroatoms. The number of nitrogens with zero attached hydrogens (tertiary/aromatic N) is 1. The van der Waals surface area contributed by atoms with Crippen LogP contribution < -0.4 is 0 Å². The van der Waals surface area contributed by atoms with Crippen LogP contribution in [0.5, 0.6) is 0 Å². The van der Waals surface area contributed by atoms with Gasteiger partial charge in [0.25, 0.3) is 5.69 Å². The number of hydrogen-bond acceptors (Lipinski definition) is 4. The normalized spacial score (nSPS) is 10.1. The molecule has 0 amide bonds. The van der Waals surface area contributed by atoms with Crippen molar-refractivity contribution in [3.8, 4) is 0 Å². The number of Topliss-reactive ketones (excluding diaryl/α,β-unsaturated/α-hetero) is 2. The Labute approximate surface area is 98.6 Å². The standard InChI is InChI=1S/C12H13NO4/c1-7-4-5-8(2)12(13(16)17)11(7)10(15)6-9(3)14/h4-5H,6H2,1-3H3. The summed E-state index contributed by atoms with van der Waals surface area (Å²) in [4.78, 5) is 33.1. The van der Waals surface area contributed by atoms with Crippen LogP contribution in [0.3, 0.4) is 0 Å². The summed E-state index contributed by atoms with van der Waals surface area (Å²) in [6.07, 6.45) is -0.300. The molecule has 0 saturated carbocycles. The van der Waals surface area contributed by atoms with Gasteiger partial charge < -0.3 is 0 Å². The number of ketones is 2. The number of benzene rings is 1. The summed E-state index contributed by atoms with van der Waals surface area (Å²) in [5.74, 6) is -0.796. The molecule has 0 aliphatic rings. The lowest BCUT2D eigenvalue weighted by atomic mass is 9.96. The summed E-state index contributed by atoms with van der Waals surface area (Å²) in [6, 6.07) is 3.24. The van der Waals surface area contributed by atoms with E-state index in [9.17, 15) is 19.7 Å². The Bertz CT molecular complexity index is 505. The number of hydrogen-bond donors (Lipinski definition) is 0. The molecule has 0 bridgehead atoms. The quantitative estimate of drug-likeness (QED) is 0.347. The van der Waals surface area contributed by atoms with Crippen molar-refractivity contribution in [1.29, 1.82) is 0 Å². The van der Waals surface area contributed by atoms with Gasteiger partial charge in [-0.1, -0.05) is 12.1 Å². The van der Waals surface area contributed by atoms with Gasteiger partial charge in [-0.25, -0.2) is 0 Å². The van der Waals surface area contributed by atoms with Gasteiger partial charge in [0.05, 0.1) is 16.9 Å². The van der Waals surface area contributed by atoms with E-state index in [0.717, 1.165) is 0 Å². The van der Waals surface area contributed by atoms with Gasteiger partial charge in [-0.3, -0.25) is 19.7 Å². The third-order valence-electron chi connectivity index (χ3n) is 2.46. The number of nitro benzene ring substituents is 1. The molecular formula is C12H13NO4. The van der Waals surface area contributed by atoms with E-state index in [1.807, 2.05) is 0 Å². The van der Waals surface area contributed by atoms with Gasteiger partial charge >= 0.3 is 0 Å². The van der Waals surface area contributed by atoms with Gasteiger partial charge in [0.15, 0.2) is 5.78 Å². The first-order valence-corrected chi connectivity index (χ1v) is 5.11. The minimum Gasteiger partial charge on any atom is -0.300 e. The lowest BCUT2D eigenvalue weighted by Gasteiger charge is -2.07. The van der Waals surface area contributed by atoms with Crippen LogP contribution in [0.1, 0.15) is 34.8 Å². The topological polar surface area (TPSA) is 77.3 Å². The SMILES string of the molecule is CC(=O)CC(=O)c1c(C)ccc(C)c1[N+](=O)[O-]. The molecule has 17 heavy (non-hydrogen) atoms. The maximum absolute atomic E-state index is 11.8. The Kier molecular flexibility index (Phi) is 3.73. The second-order valence-corrected chi connectivity index (χ2v) is 3.98. The maximum Gasteiger partial charge on any atom is 0.283 e. The fourth-order valence-corrected chi connectivity index (χ4v) is 1.70. The Balaban J connectivity index is 3.40. The molecule has 0 saturated heterocycles. The Morgan fingerprint density at radius 1 is 1.24 bits per heavy atom. The number of rotatable bonds is 4. The molecule has 1 rings (SSSR count). The molecule has 0 radical (unpaired) electrons. The van der Waals surface area contributed by atoms with Crippen LogP contribution in [0, 0.1) is 24.0 Å². The number of carbonyl (C=O) groups is 2. The number of carbonyl (C=O) groups excluding carboxylic acids is 2. The lowest BCUT2D eigenvalue weighted by Crippen LogP contribution is -2.10. The summed E-state index contributed by atoms with van der Waals surface area (Å²) in [7, 11) is 0. The van der Waals surface area contributed by atoms with E-state index in [0.29, 0.717) is 11.1 Å². The molecular weight excluding hydrogens is 222 g/mol. The summed E-state index contributed by atoms with van der Waals surface area (Å²) < 4.78 is 0. The third kappa shape index (κ3) is 2.75. The van der Waals surface area contributed by atoms with E-state index in [1.54, 1.807) is 26.0 Å². The van der Waals surface area contributed by atoms with Gasteiger partial charge in [-0.15, -0.1) is 0 Å². The second kappa shape index (κ2) is 4.86. The highest BCUT2D eigenvalue weighted by Crippen LogP contribution is 2.27. The Morgan fingerprint density at radius 3 is 2.24 bits per heavy atom. The fourth-order valence-electron chi connectivity index (χ4n) is 1.70. The first-order valence-electron chi connectivity index (χ1n) is 5.11. The molecule has 0 N–H and O–H groups in total. The van der Waals surface area contributed by atoms with Gasteiger partial charge in [0.1, 0.15) is 5.78 Å². The Hall–Kier alpha value is -2.04. The van der Waals surface area contributed by atoms with Crippen molar-refractivity contribution in [1.82, 2.24) is 0 Å². The average Bonchev–Trinajstić information content (AvgIpc) is 2.19. The van der Waals surface area contributed by atoms with Crippen LogP contribution in [0.15, 0.2) is 12.1 Å². The molecule has 90 valence electrons. The molecule has 0 fully saturated rings. The van der Waals surface area contributed by atoms with E-state index < -0.39 is 10.7 Å². The van der Waals surface area contributed by atoms with E-state index in [1.165, 1.54) is 6.92 Å². The summed E-state index contributed by atoms with van der Waals surface area (Å²) in [5.41, 5.74) is 0.794. The van der Waals surface area contributed by atoms with Crippen molar-refractivity contribution in [3.05, 3.63) is 38.9 Å². The van der Waals surface area contributed by atoms with Crippen LogP contribution in [-0.4, -0.2) is 16.5 Å². The average molecular weight is 235 g/mol. The first kappa shape index (κ1) is 13.0. The van der Waals surface area contributed by atoms with Gasteiger partial charge in [0, 0.05) is 5.56 Å². The molecule has 5 nitrogen and oxygen atoms in total. The zero-order valence-electron chi connectivity index (χ0n) is 9.94. The van der Waals surface area contributed by atoms with Crippen molar-refractivity contribution in [3.63, 3.8) is 0 Å². The van der Waals surface area contributed by atoms with Crippen LogP contribution in [-0.2, 0) is 4.79 Å². The monoisotopic (exact) mass is 235 g/mol. The molecule has 0 unspecified atom stereocenters. The molecule has 0 atom stereocenters. The largest absolute Gasteiger partial charge is 0.300 e. The number of nitro groups is 1. The van der Waals surface area contributed by atoms with E-state index in [-0.39, 0.29) is 23.5 Å².